The molecule has 1 saturated heterocycles. The van der Waals surface area contributed by atoms with Gasteiger partial charge in [-0.1, -0.05) is 0 Å². The lowest BCUT2D eigenvalue weighted by Crippen LogP contribution is -2.41. The zero-order valence-electron chi connectivity index (χ0n) is 17.1. The van der Waals surface area contributed by atoms with Gasteiger partial charge in [0.25, 0.3) is 11.8 Å². The van der Waals surface area contributed by atoms with Gasteiger partial charge in [-0.3, -0.25) is 9.59 Å². The van der Waals surface area contributed by atoms with Crippen LogP contribution in [0.15, 0.2) is 36.4 Å². The molecule has 1 heterocycles. The third kappa shape index (κ3) is 4.94. The number of piperidine rings is 1. The first kappa shape index (κ1) is 21.3. The molecular formula is C22H26N2O6. The molecule has 2 aromatic rings. The van der Waals surface area contributed by atoms with E-state index in [1.807, 2.05) is 0 Å². The fraction of sp³-hybridized carbons (Fsp3) is 0.364. The molecule has 2 amide bonds. The fourth-order valence-electron chi connectivity index (χ4n) is 3.56. The Kier molecular flexibility index (Phi) is 6.66. The van der Waals surface area contributed by atoms with Crippen molar-refractivity contribution in [1.82, 2.24) is 10.2 Å². The fourth-order valence-corrected chi connectivity index (χ4v) is 3.56. The molecule has 160 valence electrons. The van der Waals surface area contributed by atoms with Gasteiger partial charge in [-0.05, 0) is 49.1 Å². The number of likely N-dealkylation sites (tertiary alicyclic amines) is 1. The molecule has 0 radical (unpaired) electrons. The Labute approximate surface area is 175 Å². The van der Waals surface area contributed by atoms with Gasteiger partial charge < -0.3 is 29.9 Å². The summed E-state index contributed by atoms with van der Waals surface area (Å²) in [5.74, 6) is 0.583. The first-order chi connectivity index (χ1) is 14.4. The molecule has 0 bridgehead atoms. The number of hydrogen-bond donors (Lipinski definition) is 3. The Hall–Kier alpha value is -3.42. The van der Waals surface area contributed by atoms with E-state index in [4.69, 9.17) is 9.47 Å². The number of phenols is 2. The lowest BCUT2D eigenvalue weighted by Gasteiger charge is -2.32. The van der Waals surface area contributed by atoms with Crippen molar-refractivity contribution in [3.8, 4) is 23.0 Å². The van der Waals surface area contributed by atoms with Gasteiger partial charge in [-0.25, -0.2) is 0 Å². The molecule has 3 N–H and O–H groups in total. The molecular weight excluding hydrogens is 388 g/mol. The standard InChI is InChI=1S/C22H26N2O6/c1-29-19-4-3-15(11-20(19)30-2)22(28)24-7-5-14(6-8-24)13-23-21(27)16-9-17(25)12-18(26)10-16/h3-4,9-12,14,25-26H,5-8,13H2,1-2H3,(H,23,27). The minimum absolute atomic E-state index is 0.0614. The summed E-state index contributed by atoms with van der Waals surface area (Å²) in [4.78, 5) is 26.8. The van der Waals surface area contributed by atoms with E-state index in [0.717, 1.165) is 12.8 Å². The van der Waals surface area contributed by atoms with Crippen LogP contribution in [0.3, 0.4) is 0 Å². The molecule has 0 atom stereocenters. The molecule has 0 spiro atoms. The lowest BCUT2D eigenvalue weighted by molar-refractivity contribution is 0.0684. The van der Waals surface area contributed by atoms with Crippen molar-refractivity contribution in [3.05, 3.63) is 47.5 Å². The highest BCUT2D eigenvalue weighted by Gasteiger charge is 2.25. The quantitative estimate of drug-likeness (QED) is 0.670. The van der Waals surface area contributed by atoms with Crippen LogP contribution in [0, 0.1) is 5.92 Å². The molecule has 1 fully saturated rings. The molecule has 0 unspecified atom stereocenters. The first-order valence-corrected chi connectivity index (χ1v) is 9.73. The summed E-state index contributed by atoms with van der Waals surface area (Å²) in [5.41, 5.74) is 0.747. The molecule has 1 aliphatic heterocycles. The van der Waals surface area contributed by atoms with Crippen molar-refractivity contribution < 1.29 is 29.3 Å². The second-order valence-corrected chi connectivity index (χ2v) is 7.25. The van der Waals surface area contributed by atoms with E-state index in [1.54, 1.807) is 30.2 Å². The number of methoxy groups -OCH3 is 2. The van der Waals surface area contributed by atoms with Crippen LogP contribution >= 0.6 is 0 Å². The zero-order chi connectivity index (χ0) is 21.7. The van der Waals surface area contributed by atoms with Crippen LogP contribution in [-0.4, -0.2) is 60.8 Å². The number of ether oxygens (including phenoxy) is 2. The number of phenolic OH excluding ortho intramolecular Hbond substituents is 2. The molecule has 2 aromatic carbocycles. The van der Waals surface area contributed by atoms with Crippen molar-refractivity contribution in [2.75, 3.05) is 33.9 Å². The number of rotatable bonds is 6. The minimum atomic E-state index is -0.356. The Balaban J connectivity index is 1.52. The Morgan fingerprint density at radius 1 is 0.967 bits per heavy atom. The molecule has 8 heteroatoms. The van der Waals surface area contributed by atoms with Gasteiger partial charge in [-0.2, -0.15) is 0 Å². The van der Waals surface area contributed by atoms with Gasteiger partial charge in [0.1, 0.15) is 11.5 Å². The van der Waals surface area contributed by atoms with Gasteiger partial charge in [-0.15, -0.1) is 0 Å². The third-order valence-corrected chi connectivity index (χ3v) is 5.25. The number of aromatic hydroxyl groups is 2. The van der Waals surface area contributed by atoms with Crippen molar-refractivity contribution in [3.63, 3.8) is 0 Å². The predicted molar refractivity (Wildman–Crippen MR) is 110 cm³/mol. The monoisotopic (exact) mass is 414 g/mol. The third-order valence-electron chi connectivity index (χ3n) is 5.25. The number of nitrogens with one attached hydrogen (secondary N) is 1. The van der Waals surface area contributed by atoms with E-state index in [-0.39, 0.29) is 34.8 Å². The first-order valence-electron chi connectivity index (χ1n) is 9.73. The highest BCUT2D eigenvalue weighted by Crippen LogP contribution is 2.29. The van der Waals surface area contributed by atoms with Crippen LogP contribution in [0.4, 0.5) is 0 Å². The summed E-state index contributed by atoms with van der Waals surface area (Å²) in [5, 5.41) is 21.8. The lowest BCUT2D eigenvalue weighted by atomic mass is 9.96. The maximum absolute atomic E-state index is 12.8. The molecule has 8 nitrogen and oxygen atoms in total. The van der Waals surface area contributed by atoms with Crippen LogP contribution in [0.1, 0.15) is 33.6 Å². The van der Waals surface area contributed by atoms with Gasteiger partial charge in [0.05, 0.1) is 14.2 Å². The Morgan fingerprint density at radius 2 is 1.60 bits per heavy atom. The van der Waals surface area contributed by atoms with Crippen LogP contribution < -0.4 is 14.8 Å². The molecule has 1 aliphatic rings. The summed E-state index contributed by atoms with van der Waals surface area (Å²) in [6, 6.07) is 8.90. The highest BCUT2D eigenvalue weighted by molar-refractivity contribution is 5.95. The minimum Gasteiger partial charge on any atom is -0.508 e. The predicted octanol–water partition coefficient (Wildman–Crippen LogP) is 2.40. The molecule has 3 rings (SSSR count). The summed E-state index contributed by atoms with van der Waals surface area (Å²) in [6.07, 6.45) is 1.54. The second kappa shape index (κ2) is 9.39. The number of benzene rings is 2. The topological polar surface area (TPSA) is 108 Å². The molecule has 30 heavy (non-hydrogen) atoms. The number of amides is 2. The average molecular weight is 414 g/mol. The maximum Gasteiger partial charge on any atom is 0.253 e. The van der Waals surface area contributed by atoms with Crippen LogP contribution in [0.5, 0.6) is 23.0 Å². The summed E-state index contributed by atoms with van der Waals surface area (Å²) >= 11 is 0. The van der Waals surface area contributed by atoms with Crippen molar-refractivity contribution >= 4 is 11.8 Å². The van der Waals surface area contributed by atoms with Gasteiger partial charge in [0.2, 0.25) is 0 Å². The van der Waals surface area contributed by atoms with Crippen molar-refractivity contribution in [2.45, 2.75) is 12.8 Å². The number of hydrogen-bond acceptors (Lipinski definition) is 6. The smallest absolute Gasteiger partial charge is 0.253 e. The van der Waals surface area contributed by atoms with Crippen LogP contribution in [0.25, 0.3) is 0 Å². The molecule has 0 aliphatic carbocycles. The number of carbonyl (C=O) groups excluding carboxylic acids is 2. The van der Waals surface area contributed by atoms with E-state index in [0.29, 0.717) is 36.7 Å². The number of nitrogens with zero attached hydrogens (tertiary/aromatic N) is 1. The summed E-state index contributed by atoms with van der Waals surface area (Å²) < 4.78 is 10.5. The molecule has 0 aromatic heterocycles. The average Bonchev–Trinajstić information content (AvgIpc) is 2.76. The van der Waals surface area contributed by atoms with E-state index in [2.05, 4.69) is 5.32 Å². The van der Waals surface area contributed by atoms with Crippen molar-refractivity contribution in [2.24, 2.45) is 5.92 Å². The van der Waals surface area contributed by atoms with E-state index in [9.17, 15) is 19.8 Å². The van der Waals surface area contributed by atoms with E-state index < -0.39 is 0 Å². The summed E-state index contributed by atoms with van der Waals surface area (Å²) in [6.45, 7) is 1.66. The molecule has 0 saturated carbocycles. The Bertz CT molecular complexity index is 902. The van der Waals surface area contributed by atoms with Gasteiger partial charge in [0, 0.05) is 36.8 Å². The van der Waals surface area contributed by atoms with E-state index >= 15 is 0 Å². The summed E-state index contributed by atoms with van der Waals surface area (Å²) in [7, 11) is 3.08. The SMILES string of the molecule is COc1ccc(C(=O)N2CCC(CNC(=O)c3cc(O)cc(O)c3)CC2)cc1OC. The van der Waals surface area contributed by atoms with Crippen molar-refractivity contribution in [1.29, 1.82) is 0 Å². The van der Waals surface area contributed by atoms with E-state index in [1.165, 1.54) is 25.3 Å². The highest BCUT2D eigenvalue weighted by atomic mass is 16.5. The van der Waals surface area contributed by atoms with Gasteiger partial charge >= 0.3 is 0 Å². The normalized spacial score (nSPS) is 14.3. The zero-order valence-corrected chi connectivity index (χ0v) is 17.1. The second-order valence-electron chi connectivity index (χ2n) is 7.25. The maximum atomic E-state index is 12.8. The Morgan fingerprint density at radius 3 is 2.20 bits per heavy atom. The number of carbonyl (C=O) groups is 2. The van der Waals surface area contributed by atoms with Crippen LogP contribution in [-0.2, 0) is 0 Å². The van der Waals surface area contributed by atoms with Gasteiger partial charge in [0.15, 0.2) is 11.5 Å². The van der Waals surface area contributed by atoms with Crippen LogP contribution in [0.2, 0.25) is 0 Å². The largest absolute Gasteiger partial charge is 0.508 e.